The molecular weight excluding hydrogens is 304 g/mol. The molecule has 5 nitrogen and oxygen atoms in total. The summed E-state index contributed by atoms with van der Waals surface area (Å²) in [4.78, 5) is 26.5. The second kappa shape index (κ2) is 7.45. The molecule has 24 heavy (non-hydrogen) atoms. The molecule has 0 bridgehead atoms. The Kier molecular flexibility index (Phi) is 5.57. The molecule has 0 radical (unpaired) electrons. The Labute approximate surface area is 142 Å². The Morgan fingerprint density at radius 1 is 1.25 bits per heavy atom. The molecule has 0 unspecified atom stereocenters. The first kappa shape index (κ1) is 17.9. The van der Waals surface area contributed by atoms with Crippen molar-refractivity contribution in [3.8, 4) is 0 Å². The molecule has 0 spiro atoms. The van der Waals surface area contributed by atoms with Crippen LogP contribution in [0.2, 0.25) is 0 Å². The molecule has 0 aliphatic carbocycles. The average Bonchev–Trinajstić information content (AvgIpc) is 2.58. The van der Waals surface area contributed by atoms with E-state index >= 15 is 0 Å². The predicted octanol–water partition coefficient (Wildman–Crippen LogP) is 2.20. The molecular formula is C19H24N2O3. The highest BCUT2D eigenvalue weighted by Gasteiger charge is 2.20. The lowest BCUT2D eigenvalue weighted by Gasteiger charge is -2.20. The maximum atomic E-state index is 12.6. The summed E-state index contributed by atoms with van der Waals surface area (Å²) in [6, 6.07) is 11.2. The smallest absolute Gasteiger partial charge is 0.263 e. The average molecular weight is 328 g/mol. The van der Waals surface area contributed by atoms with Crippen LogP contribution < -0.4 is 5.56 Å². The van der Waals surface area contributed by atoms with Gasteiger partial charge in [0.25, 0.3) is 11.5 Å². The Bertz CT molecular complexity index is 781. The third-order valence-electron chi connectivity index (χ3n) is 4.35. The molecule has 1 heterocycles. The number of pyridine rings is 1. The van der Waals surface area contributed by atoms with Crippen LogP contribution in [0.15, 0.2) is 41.2 Å². The number of rotatable bonds is 5. The van der Waals surface area contributed by atoms with E-state index in [0.717, 1.165) is 11.3 Å². The number of aromatic nitrogens is 1. The van der Waals surface area contributed by atoms with Gasteiger partial charge in [0.15, 0.2) is 0 Å². The first-order valence-electron chi connectivity index (χ1n) is 7.98. The topological polar surface area (TPSA) is 62.5 Å². The van der Waals surface area contributed by atoms with Crippen molar-refractivity contribution in [2.75, 3.05) is 13.6 Å². The fraction of sp³-hybridized carbons (Fsp3) is 0.368. The minimum Gasteiger partial charge on any atom is -0.388 e. The van der Waals surface area contributed by atoms with Gasteiger partial charge in [0.2, 0.25) is 0 Å². The number of carbonyl (C=O) groups excluding carboxylic acids is 1. The third-order valence-corrected chi connectivity index (χ3v) is 4.35. The van der Waals surface area contributed by atoms with Crippen LogP contribution in [-0.2, 0) is 7.05 Å². The molecule has 1 atom stereocenters. The van der Waals surface area contributed by atoms with E-state index in [2.05, 4.69) is 0 Å². The van der Waals surface area contributed by atoms with Crippen molar-refractivity contribution in [1.29, 1.82) is 0 Å². The Balaban J connectivity index is 2.11. The number of nitrogens with zero attached hydrogens (tertiary/aromatic N) is 2. The number of benzene rings is 1. The van der Waals surface area contributed by atoms with Crippen LogP contribution >= 0.6 is 0 Å². The van der Waals surface area contributed by atoms with Gasteiger partial charge in [-0.3, -0.25) is 9.59 Å². The molecule has 1 aromatic carbocycles. The Morgan fingerprint density at radius 2 is 1.88 bits per heavy atom. The zero-order valence-corrected chi connectivity index (χ0v) is 14.6. The molecule has 2 rings (SSSR count). The summed E-state index contributed by atoms with van der Waals surface area (Å²) in [5.74, 6) is -0.312. The van der Waals surface area contributed by atoms with Gasteiger partial charge < -0.3 is 14.6 Å². The first-order valence-corrected chi connectivity index (χ1v) is 7.98. The summed E-state index contributed by atoms with van der Waals surface area (Å²) >= 11 is 0. The first-order chi connectivity index (χ1) is 11.3. The van der Waals surface area contributed by atoms with Gasteiger partial charge in [0.05, 0.1) is 6.10 Å². The van der Waals surface area contributed by atoms with Crippen LogP contribution in [0.25, 0.3) is 0 Å². The number of aliphatic hydroxyl groups is 1. The number of aliphatic hydroxyl groups excluding tert-OH is 1. The van der Waals surface area contributed by atoms with Gasteiger partial charge in [-0.2, -0.15) is 0 Å². The second-order valence-electron chi connectivity index (χ2n) is 6.15. The fourth-order valence-electron chi connectivity index (χ4n) is 2.69. The SMILES string of the molecule is Cc1cc(C)n(C)c(=O)c1C(=O)N(C)CC[C@@H](O)c1ccccc1. The van der Waals surface area contributed by atoms with Crippen molar-refractivity contribution >= 4 is 5.91 Å². The van der Waals surface area contributed by atoms with Crippen molar-refractivity contribution in [2.24, 2.45) is 7.05 Å². The lowest BCUT2D eigenvalue weighted by Crippen LogP contribution is -2.36. The molecule has 2 aromatic rings. The molecule has 1 amide bonds. The lowest BCUT2D eigenvalue weighted by molar-refractivity contribution is 0.0758. The van der Waals surface area contributed by atoms with Crippen molar-refractivity contribution in [2.45, 2.75) is 26.4 Å². The van der Waals surface area contributed by atoms with Crippen molar-refractivity contribution in [3.63, 3.8) is 0 Å². The molecule has 1 aromatic heterocycles. The van der Waals surface area contributed by atoms with Gasteiger partial charge in [-0.15, -0.1) is 0 Å². The van der Waals surface area contributed by atoms with Crippen molar-refractivity contribution in [1.82, 2.24) is 9.47 Å². The summed E-state index contributed by atoms with van der Waals surface area (Å²) in [6.07, 6.45) is -0.222. The van der Waals surface area contributed by atoms with Gasteiger partial charge in [0, 0.05) is 26.3 Å². The van der Waals surface area contributed by atoms with E-state index in [4.69, 9.17) is 0 Å². The van der Waals surface area contributed by atoms with Gasteiger partial charge in [-0.05, 0) is 37.5 Å². The van der Waals surface area contributed by atoms with Crippen LogP contribution in [0.1, 0.15) is 39.7 Å². The normalized spacial score (nSPS) is 12.0. The zero-order valence-electron chi connectivity index (χ0n) is 14.6. The van der Waals surface area contributed by atoms with Gasteiger partial charge >= 0.3 is 0 Å². The lowest BCUT2D eigenvalue weighted by atomic mass is 10.1. The number of aryl methyl sites for hydroxylation is 2. The molecule has 0 fully saturated rings. The van der Waals surface area contributed by atoms with Crippen LogP contribution in [-0.4, -0.2) is 34.1 Å². The highest BCUT2D eigenvalue weighted by atomic mass is 16.3. The summed E-state index contributed by atoms with van der Waals surface area (Å²) in [7, 11) is 3.31. The summed E-state index contributed by atoms with van der Waals surface area (Å²) in [6.45, 7) is 3.97. The van der Waals surface area contributed by atoms with Crippen LogP contribution in [0.5, 0.6) is 0 Å². The molecule has 0 saturated heterocycles. The van der Waals surface area contributed by atoms with E-state index in [1.54, 1.807) is 21.0 Å². The van der Waals surface area contributed by atoms with E-state index < -0.39 is 6.10 Å². The molecule has 0 aliphatic rings. The standard InChI is InChI=1S/C19H24N2O3/c1-13-12-14(2)21(4)19(24)17(13)18(23)20(3)11-10-16(22)15-8-6-5-7-9-15/h5-9,12,16,22H,10-11H2,1-4H3/t16-/m1/s1. The van der Waals surface area contributed by atoms with Crippen LogP contribution in [0, 0.1) is 13.8 Å². The summed E-state index contributed by atoms with van der Waals surface area (Å²) in [5, 5.41) is 10.2. The zero-order chi connectivity index (χ0) is 17.9. The van der Waals surface area contributed by atoms with Crippen LogP contribution in [0.4, 0.5) is 0 Å². The van der Waals surface area contributed by atoms with E-state index in [1.807, 2.05) is 43.3 Å². The number of hydrogen-bond donors (Lipinski definition) is 1. The van der Waals surface area contributed by atoms with E-state index in [0.29, 0.717) is 18.5 Å². The molecule has 0 aliphatic heterocycles. The Morgan fingerprint density at radius 3 is 2.50 bits per heavy atom. The largest absolute Gasteiger partial charge is 0.388 e. The highest BCUT2D eigenvalue weighted by Crippen LogP contribution is 2.17. The number of hydrogen-bond acceptors (Lipinski definition) is 3. The minimum atomic E-state index is -0.636. The van der Waals surface area contributed by atoms with Crippen molar-refractivity contribution in [3.05, 3.63) is 69.1 Å². The minimum absolute atomic E-state index is 0.194. The molecule has 1 N–H and O–H groups in total. The fourth-order valence-corrected chi connectivity index (χ4v) is 2.69. The number of amides is 1. The highest BCUT2D eigenvalue weighted by molar-refractivity contribution is 5.95. The maximum Gasteiger partial charge on any atom is 0.263 e. The maximum absolute atomic E-state index is 12.6. The van der Waals surface area contributed by atoms with Gasteiger partial charge in [-0.25, -0.2) is 0 Å². The van der Waals surface area contributed by atoms with Gasteiger partial charge in [0.1, 0.15) is 5.56 Å². The quantitative estimate of drug-likeness (QED) is 0.915. The van der Waals surface area contributed by atoms with Crippen molar-refractivity contribution < 1.29 is 9.90 Å². The van der Waals surface area contributed by atoms with E-state index in [9.17, 15) is 14.7 Å². The van der Waals surface area contributed by atoms with Crippen LogP contribution in [0.3, 0.4) is 0 Å². The van der Waals surface area contributed by atoms with E-state index in [-0.39, 0.29) is 17.0 Å². The molecule has 128 valence electrons. The summed E-state index contributed by atoms with van der Waals surface area (Å²) < 4.78 is 1.48. The third kappa shape index (κ3) is 3.74. The summed E-state index contributed by atoms with van der Waals surface area (Å²) in [5.41, 5.74) is 2.22. The predicted molar refractivity (Wildman–Crippen MR) is 94.1 cm³/mol. The van der Waals surface area contributed by atoms with Gasteiger partial charge in [-0.1, -0.05) is 30.3 Å². The monoisotopic (exact) mass is 328 g/mol. The second-order valence-corrected chi connectivity index (χ2v) is 6.15. The molecule has 5 heteroatoms. The molecule has 0 saturated carbocycles. The Hall–Kier alpha value is -2.40. The number of carbonyl (C=O) groups is 1. The van der Waals surface area contributed by atoms with E-state index in [1.165, 1.54) is 9.47 Å².